The van der Waals surface area contributed by atoms with E-state index in [1.807, 2.05) is 35.0 Å². The van der Waals surface area contributed by atoms with Crippen LogP contribution in [-0.4, -0.2) is 34.2 Å². The van der Waals surface area contributed by atoms with Crippen molar-refractivity contribution < 1.29 is 0 Å². The van der Waals surface area contributed by atoms with Crippen LogP contribution in [0.25, 0.3) is 56.0 Å². The summed E-state index contributed by atoms with van der Waals surface area (Å²) in [5.74, 6) is 0.688. The van der Waals surface area contributed by atoms with Gasteiger partial charge in [0.05, 0.1) is 23.0 Å². The second-order valence-electron chi connectivity index (χ2n) is 10.2. The van der Waals surface area contributed by atoms with Crippen molar-refractivity contribution in [1.29, 1.82) is 0 Å². The summed E-state index contributed by atoms with van der Waals surface area (Å²) >= 11 is 0. The predicted molar refractivity (Wildman–Crippen MR) is 151 cm³/mol. The van der Waals surface area contributed by atoms with E-state index in [4.69, 9.17) is 10.7 Å². The Kier molecular flexibility index (Phi) is 4.68. The highest BCUT2D eigenvalue weighted by atomic mass is 15.3. The Hall–Kier alpha value is -4.95. The molecule has 0 unspecified atom stereocenters. The highest BCUT2D eigenvalue weighted by Crippen LogP contribution is 2.40. The van der Waals surface area contributed by atoms with Gasteiger partial charge in [-0.25, -0.2) is 14.5 Å². The molecule has 0 amide bonds. The molecule has 0 spiro atoms. The lowest BCUT2D eigenvalue weighted by atomic mass is 9.72. The van der Waals surface area contributed by atoms with E-state index in [1.165, 1.54) is 12.0 Å². The molecule has 188 valence electrons. The first-order valence-corrected chi connectivity index (χ1v) is 13.1. The van der Waals surface area contributed by atoms with E-state index in [9.17, 15) is 0 Å². The Morgan fingerprint density at radius 3 is 2.44 bits per heavy atom. The summed E-state index contributed by atoms with van der Waals surface area (Å²) in [6.45, 7) is 0. The summed E-state index contributed by atoms with van der Waals surface area (Å²) in [5.41, 5.74) is 14.8. The lowest BCUT2D eigenvalue weighted by Crippen LogP contribution is -2.43. The number of nitrogens with two attached hydrogens (primary N) is 1. The molecule has 7 aromatic rings. The van der Waals surface area contributed by atoms with Gasteiger partial charge in [0.15, 0.2) is 17.1 Å². The summed E-state index contributed by atoms with van der Waals surface area (Å²) in [6, 6.07) is 25.0. The van der Waals surface area contributed by atoms with Crippen molar-refractivity contribution in [2.24, 2.45) is 5.73 Å². The first-order valence-electron chi connectivity index (χ1n) is 13.1. The van der Waals surface area contributed by atoms with Gasteiger partial charge in [0.2, 0.25) is 0 Å². The molecule has 0 radical (unpaired) electrons. The van der Waals surface area contributed by atoms with Crippen molar-refractivity contribution in [2.75, 3.05) is 0 Å². The summed E-state index contributed by atoms with van der Waals surface area (Å²) in [4.78, 5) is 9.67. The highest BCUT2D eigenvalue weighted by molar-refractivity contribution is 5.98. The van der Waals surface area contributed by atoms with E-state index in [-0.39, 0.29) is 5.54 Å². The second-order valence-corrected chi connectivity index (χ2v) is 10.2. The summed E-state index contributed by atoms with van der Waals surface area (Å²) in [6.07, 6.45) is 10.6. The van der Waals surface area contributed by atoms with E-state index in [0.29, 0.717) is 5.82 Å². The normalized spacial score (nSPS) is 14.7. The zero-order valence-corrected chi connectivity index (χ0v) is 21.1. The average Bonchev–Trinajstić information content (AvgIpc) is 3.60. The van der Waals surface area contributed by atoms with Crippen LogP contribution in [-0.2, 0) is 5.54 Å². The molecule has 8 heteroatoms. The number of hydrogen-bond donors (Lipinski definition) is 1. The minimum absolute atomic E-state index is 0.189. The van der Waals surface area contributed by atoms with Crippen LogP contribution in [0, 0.1) is 0 Å². The molecule has 1 aliphatic rings. The summed E-state index contributed by atoms with van der Waals surface area (Å²) < 4.78 is 3.72. The summed E-state index contributed by atoms with van der Waals surface area (Å²) in [7, 11) is 0. The van der Waals surface area contributed by atoms with Crippen molar-refractivity contribution in [2.45, 2.75) is 24.8 Å². The van der Waals surface area contributed by atoms with Crippen LogP contribution in [0.5, 0.6) is 0 Å². The first-order chi connectivity index (χ1) is 19.2. The van der Waals surface area contributed by atoms with E-state index in [1.54, 1.807) is 16.9 Å². The van der Waals surface area contributed by atoms with E-state index in [0.717, 1.165) is 63.0 Å². The van der Waals surface area contributed by atoms with Crippen molar-refractivity contribution in [1.82, 2.24) is 34.2 Å². The molecular weight excluding hydrogens is 484 g/mol. The smallest absolute Gasteiger partial charge is 0.173 e. The van der Waals surface area contributed by atoms with Gasteiger partial charge in [0.1, 0.15) is 0 Å². The lowest BCUT2D eigenvalue weighted by molar-refractivity contribution is 0.253. The molecule has 39 heavy (non-hydrogen) atoms. The lowest BCUT2D eigenvalue weighted by Gasteiger charge is -2.38. The minimum Gasteiger partial charge on any atom is -0.321 e. The topological polar surface area (TPSA) is 99.3 Å². The molecule has 1 fully saturated rings. The van der Waals surface area contributed by atoms with Gasteiger partial charge >= 0.3 is 0 Å². The third-order valence-corrected chi connectivity index (χ3v) is 7.95. The fourth-order valence-corrected chi connectivity index (χ4v) is 5.63. The van der Waals surface area contributed by atoms with Crippen LogP contribution in [0.1, 0.15) is 24.8 Å². The minimum atomic E-state index is -0.189. The Morgan fingerprint density at radius 2 is 1.64 bits per heavy atom. The molecule has 0 atom stereocenters. The van der Waals surface area contributed by atoms with Gasteiger partial charge in [-0.05, 0) is 48.6 Å². The molecule has 0 aliphatic heterocycles. The number of pyridine rings is 2. The maximum atomic E-state index is 6.59. The van der Waals surface area contributed by atoms with Crippen LogP contribution < -0.4 is 5.73 Å². The molecule has 8 nitrogen and oxygen atoms in total. The zero-order valence-electron chi connectivity index (χ0n) is 21.1. The Labute approximate surface area is 223 Å². The van der Waals surface area contributed by atoms with Crippen LogP contribution in [0.4, 0.5) is 0 Å². The van der Waals surface area contributed by atoms with Crippen molar-refractivity contribution >= 4 is 22.2 Å². The molecule has 5 aromatic heterocycles. The van der Waals surface area contributed by atoms with Gasteiger partial charge in [0.25, 0.3) is 0 Å². The van der Waals surface area contributed by atoms with E-state index < -0.39 is 0 Å². The molecule has 2 N–H and O–H groups in total. The average molecular weight is 509 g/mol. The SMILES string of the molecule is NC1(c2ccc(-c3nc4ccn5c(-c6cnn7cccnc67)nnc5c4cc3-c3ccccc3)cc2)CCC1. The number of rotatable bonds is 4. The summed E-state index contributed by atoms with van der Waals surface area (Å²) in [5, 5.41) is 14.5. The van der Waals surface area contributed by atoms with Crippen molar-refractivity contribution in [3.8, 4) is 33.8 Å². The monoisotopic (exact) mass is 508 g/mol. The van der Waals surface area contributed by atoms with Crippen molar-refractivity contribution in [3.63, 3.8) is 0 Å². The van der Waals surface area contributed by atoms with Crippen LogP contribution in [0.15, 0.2) is 97.6 Å². The van der Waals surface area contributed by atoms with Gasteiger partial charge in [0, 0.05) is 40.6 Å². The Morgan fingerprint density at radius 1 is 0.795 bits per heavy atom. The van der Waals surface area contributed by atoms with Crippen LogP contribution in [0.2, 0.25) is 0 Å². The van der Waals surface area contributed by atoms with Gasteiger partial charge in [-0.1, -0.05) is 54.6 Å². The number of nitrogens with zero attached hydrogens (tertiary/aromatic N) is 7. The number of hydrogen-bond acceptors (Lipinski definition) is 6. The maximum Gasteiger partial charge on any atom is 0.173 e. The van der Waals surface area contributed by atoms with Crippen LogP contribution in [0.3, 0.4) is 0 Å². The van der Waals surface area contributed by atoms with Crippen molar-refractivity contribution in [3.05, 3.63) is 103 Å². The second kappa shape index (κ2) is 8.28. The Balaban J connectivity index is 1.32. The molecule has 1 aliphatic carbocycles. The van der Waals surface area contributed by atoms with Gasteiger partial charge in [-0.2, -0.15) is 5.10 Å². The molecule has 0 bridgehead atoms. The molecule has 2 aromatic carbocycles. The zero-order chi connectivity index (χ0) is 26.0. The molecule has 8 rings (SSSR count). The molecule has 5 heterocycles. The van der Waals surface area contributed by atoms with Crippen LogP contribution >= 0.6 is 0 Å². The largest absolute Gasteiger partial charge is 0.321 e. The number of benzene rings is 2. The molecule has 0 saturated heterocycles. The van der Waals surface area contributed by atoms with E-state index >= 15 is 0 Å². The van der Waals surface area contributed by atoms with E-state index in [2.05, 4.69) is 74.9 Å². The third-order valence-electron chi connectivity index (χ3n) is 7.95. The maximum absolute atomic E-state index is 6.59. The van der Waals surface area contributed by atoms with Gasteiger partial charge in [-0.3, -0.25) is 4.40 Å². The number of aromatic nitrogens is 7. The van der Waals surface area contributed by atoms with Gasteiger partial charge in [-0.15, -0.1) is 10.2 Å². The third kappa shape index (κ3) is 3.38. The first kappa shape index (κ1) is 22.1. The molecule has 1 saturated carbocycles. The fraction of sp³-hybridized carbons (Fsp3) is 0.129. The predicted octanol–water partition coefficient (Wildman–Crippen LogP) is 5.66. The number of fused-ring (bicyclic) bond motifs is 4. The standard InChI is InChI=1S/C31H24N8/c32-31(13-4-14-31)22-10-8-21(9-11-22)27-23(20-6-2-1-3-7-20)18-24-26(35-27)12-17-38-29(24)36-37-30(38)25-19-34-39-16-5-15-33-28(25)39/h1-3,5-12,15-19H,4,13-14,32H2. The van der Waals surface area contributed by atoms with Gasteiger partial charge < -0.3 is 5.73 Å². The Bertz CT molecular complexity index is 2000. The molecular formula is C31H24N8. The fourth-order valence-electron chi connectivity index (χ4n) is 5.63. The highest BCUT2D eigenvalue weighted by Gasteiger charge is 2.34. The quantitative estimate of drug-likeness (QED) is 0.329.